The fraction of sp³-hybridized carbons (Fsp3) is 0.500. The highest BCUT2D eigenvalue weighted by Crippen LogP contribution is 2.19. The number of amides is 1. The monoisotopic (exact) mass is 282 g/mol. The van der Waals surface area contributed by atoms with Crippen LogP contribution in [0.1, 0.15) is 15.9 Å². The van der Waals surface area contributed by atoms with E-state index in [1.807, 2.05) is 19.1 Å². The van der Waals surface area contributed by atoms with Gasteiger partial charge in [-0.1, -0.05) is 23.7 Å². The maximum Gasteiger partial charge on any atom is 0.252 e. The van der Waals surface area contributed by atoms with Crippen molar-refractivity contribution in [3.05, 3.63) is 34.3 Å². The van der Waals surface area contributed by atoms with E-state index in [0.29, 0.717) is 17.1 Å². The van der Waals surface area contributed by atoms with E-state index in [-0.39, 0.29) is 5.91 Å². The standard InChI is InChI=1S/C14H19ClN2O2/c1-11-3-2-4-12(13(11)15)14(18)16-5-6-17-7-9-19-10-8-17/h2-4H,5-10H2,1H3,(H,16,18). The number of aryl methyl sites for hydroxylation is 1. The van der Waals surface area contributed by atoms with Gasteiger partial charge in [0.15, 0.2) is 0 Å². The smallest absolute Gasteiger partial charge is 0.252 e. The topological polar surface area (TPSA) is 41.6 Å². The molecule has 2 rings (SSSR count). The largest absolute Gasteiger partial charge is 0.379 e. The minimum atomic E-state index is -0.109. The van der Waals surface area contributed by atoms with Crippen LogP contribution in [0.25, 0.3) is 0 Å². The summed E-state index contributed by atoms with van der Waals surface area (Å²) in [7, 11) is 0. The molecule has 0 saturated carbocycles. The van der Waals surface area contributed by atoms with Gasteiger partial charge in [0.1, 0.15) is 0 Å². The van der Waals surface area contributed by atoms with Crippen LogP contribution in [0.4, 0.5) is 0 Å². The number of morpholine rings is 1. The van der Waals surface area contributed by atoms with Gasteiger partial charge in [-0.25, -0.2) is 0 Å². The molecule has 1 aliphatic heterocycles. The van der Waals surface area contributed by atoms with Crippen molar-refractivity contribution in [2.75, 3.05) is 39.4 Å². The van der Waals surface area contributed by atoms with Crippen LogP contribution in [0, 0.1) is 6.92 Å². The number of nitrogens with one attached hydrogen (secondary N) is 1. The third-order valence-corrected chi connectivity index (χ3v) is 3.76. The van der Waals surface area contributed by atoms with Crippen LogP contribution in [-0.4, -0.2) is 50.2 Å². The highest BCUT2D eigenvalue weighted by atomic mass is 35.5. The number of hydrogen-bond donors (Lipinski definition) is 1. The summed E-state index contributed by atoms with van der Waals surface area (Å²) in [5.74, 6) is -0.109. The highest BCUT2D eigenvalue weighted by molar-refractivity contribution is 6.34. The van der Waals surface area contributed by atoms with Gasteiger partial charge >= 0.3 is 0 Å². The molecular formula is C14H19ClN2O2. The van der Waals surface area contributed by atoms with Gasteiger partial charge in [0.05, 0.1) is 23.8 Å². The fourth-order valence-corrected chi connectivity index (χ4v) is 2.28. The van der Waals surface area contributed by atoms with Gasteiger partial charge < -0.3 is 10.1 Å². The number of hydrogen-bond acceptors (Lipinski definition) is 3. The van der Waals surface area contributed by atoms with Crippen molar-refractivity contribution in [3.63, 3.8) is 0 Å². The predicted octanol–water partition coefficient (Wildman–Crippen LogP) is 1.71. The molecule has 1 heterocycles. The Hall–Kier alpha value is -1.10. The zero-order valence-electron chi connectivity index (χ0n) is 11.1. The Labute approximate surface area is 118 Å². The lowest BCUT2D eigenvalue weighted by molar-refractivity contribution is 0.0383. The molecule has 1 amide bonds. The molecule has 0 bridgehead atoms. The number of halogens is 1. The molecule has 0 radical (unpaired) electrons. The molecule has 0 aromatic heterocycles. The normalized spacial score (nSPS) is 16.3. The lowest BCUT2D eigenvalue weighted by atomic mass is 10.1. The number of rotatable bonds is 4. The minimum absolute atomic E-state index is 0.109. The highest BCUT2D eigenvalue weighted by Gasteiger charge is 2.13. The van der Waals surface area contributed by atoms with Crippen LogP contribution in [0.5, 0.6) is 0 Å². The molecule has 1 aliphatic rings. The first-order valence-corrected chi connectivity index (χ1v) is 6.89. The van der Waals surface area contributed by atoms with E-state index in [9.17, 15) is 4.79 Å². The molecule has 0 atom stereocenters. The van der Waals surface area contributed by atoms with Crippen LogP contribution < -0.4 is 5.32 Å². The summed E-state index contributed by atoms with van der Waals surface area (Å²) in [6.45, 7) is 6.78. The zero-order chi connectivity index (χ0) is 13.7. The Balaban J connectivity index is 1.82. The number of carbonyl (C=O) groups is 1. The van der Waals surface area contributed by atoms with Gasteiger partial charge in [-0.15, -0.1) is 0 Å². The van der Waals surface area contributed by atoms with Gasteiger partial charge in [0.2, 0.25) is 0 Å². The predicted molar refractivity (Wildman–Crippen MR) is 75.8 cm³/mol. The molecule has 0 spiro atoms. The third kappa shape index (κ3) is 3.93. The second-order valence-corrected chi connectivity index (χ2v) is 5.02. The molecule has 1 saturated heterocycles. The summed E-state index contributed by atoms with van der Waals surface area (Å²) < 4.78 is 5.28. The van der Waals surface area contributed by atoms with E-state index in [0.717, 1.165) is 38.4 Å². The van der Waals surface area contributed by atoms with Crippen LogP contribution in [0.15, 0.2) is 18.2 Å². The summed E-state index contributed by atoms with van der Waals surface area (Å²) in [6, 6.07) is 5.49. The average Bonchev–Trinajstić information content (AvgIpc) is 2.43. The zero-order valence-corrected chi connectivity index (χ0v) is 11.9. The molecule has 104 valence electrons. The maximum atomic E-state index is 12.0. The van der Waals surface area contributed by atoms with Crippen LogP contribution in [0.3, 0.4) is 0 Å². The molecule has 1 N–H and O–H groups in total. The van der Waals surface area contributed by atoms with Crippen molar-refractivity contribution in [2.45, 2.75) is 6.92 Å². The Morgan fingerprint density at radius 1 is 1.42 bits per heavy atom. The first kappa shape index (κ1) is 14.3. The molecule has 5 heteroatoms. The van der Waals surface area contributed by atoms with Gasteiger partial charge in [0.25, 0.3) is 5.91 Å². The molecule has 19 heavy (non-hydrogen) atoms. The first-order valence-electron chi connectivity index (χ1n) is 6.52. The molecule has 0 unspecified atom stereocenters. The summed E-state index contributed by atoms with van der Waals surface area (Å²) in [4.78, 5) is 14.3. The Morgan fingerprint density at radius 3 is 2.89 bits per heavy atom. The van der Waals surface area contributed by atoms with Gasteiger partial charge in [-0.3, -0.25) is 9.69 Å². The van der Waals surface area contributed by atoms with Crippen molar-refractivity contribution in [2.24, 2.45) is 0 Å². The van der Waals surface area contributed by atoms with Gasteiger partial charge in [-0.2, -0.15) is 0 Å². The third-order valence-electron chi connectivity index (χ3n) is 3.25. The molecule has 4 nitrogen and oxygen atoms in total. The number of nitrogens with zero attached hydrogens (tertiary/aromatic N) is 1. The Morgan fingerprint density at radius 2 is 2.16 bits per heavy atom. The second kappa shape index (κ2) is 6.89. The van der Waals surface area contributed by atoms with Crippen LogP contribution in [0.2, 0.25) is 5.02 Å². The maximum absolute atomic E-state index is 12.0. The van der Waals surface area contributed by atoms with Crippen LogP contribution >= 0.6 is 11.6 Å². The number of ether oxygens (including phenoxy) is 1. The summed E-state index contributed by atoms with van der Waals surface area (Å²) in [5.41, 5.74) is 1.46. The lowest BCUT2D eigenvalue weighted by Gasteiger charge is -2.26. The number of benzene rings is 1. The first-order chi connectivity index (χ1) is 9.18. The second-order valence-electron chi connectivity index (χ2n) is 4.65. The lowest BCUT2D eigenvalue weighted by Crippen LogP contribution is -2.41. The van der Waals surface area contributed by atoms with E-state index in [2.05, 4.69) is 10.2 Å². The van der Waals surface area contributed by atoms with Gasteiger partial charge in [-0.05, 0) is 18.6 Å². The summed E-state index contributed by atoms with van der Waals surface area (Å²) >= 11 is 6.13. The van der Waals surface area contributed by atoms with E-state index >= 15 is 0 Å². The van der Waals surface area contributed by atoms with Crippen molar-refractivity contribution in [1.82, 2.24) is 10.2 Å². The number of carbonyl (C=O) groups excluding carboxylic acids is 1. The summed E-state index contributed by atoms with van der Waals surface area (Å²) in [6.07, 6.45) is 0. The van der Waals surface area contributed by atoms with E-state index in [1.54, 1.807) is 6.07 Å². The molecule has 1 aromatic rings. The average molecular weight is 283 g/mol. The fourth-order valence-electron chi connectivity index (χ4n) is 2.07. The van der Waals surface area contributed by atoms with Crippen molar-refractivity contribution in [3.8, 4) is 0 Å². The molecule has 0 aliphatic carbocycles. The molecule has 1 fully saturated rings. The molecule has 1 aromatic carbocycles. The van der Waals surface area contributed by atoms with E-state index in [1.165, 1.54) is 0 Å². The van der Waals surface area contributed by atoms with Crippen molar-refractivity contribution >= 4 is 17.5 Å². The summed E-state index contributed by atoms with van der Waals surface area (Å²) in [5, 5.41) is 3.44. The quantitative estimate of drug-likeness (QED) is 0.914. The van der Waals surface area contributed by atoms with E-state index in [4.69, 9.17) is 16.3 Å². The minimum Gasteiger partial charge on any atom is -0.379 e. The van der Waals surface area contributed by atoms with Gasteiger partial charge in [0, 0.05) is 26.2 Å². The Bertz CT molecular complexity index is 445. The van der Waals surface area contributed by atoms with E-state index < -0.39 is 0 Å². The van der Waals surface area contributed by atoms with Crippen LogP contribution in [-0.2, 0) is 4.74 Å². The Kier molecular flexibility index (Phi) is 5.19. The van der Waals surface area contributed by atoms with Crippen molar-refractivity contribution in [1.29, 1.82) is 0 Å². The SMILES string of the molecule is Cc1cccc(C(=O)NCCN2CCOCC2)c1Cl. The van der Waals surface area contributed by atoms with Crippen molar-refractivity contribution < 1.29 is 9.53 Å². The molecular weight excluding hydrogens is 264 g/mol.